The van der Waals surface area contributed by atoms with Crippen LogP contribution >= 0.6 is 11.6 Å². The molecule has 3 nitrogen and oxygen atoms in total. The SMILES string of the molecule is CCOc1ccc(CC(=O)NCc2cccc(Cl)c2)cc1. The molecular formula is C17H18ClNO2. The normalized spacial score (nSPS) is 10.2. The average molecular weight is 304 g/mol. The number of halogens is 1. The predicted octanol–water partition coefficient (Wildman–Crippen LogP) is 3.60. The highest BCUT2D eigenvalue weighted by atomic mass is 35.5. The van der Waals surface area contributed by atoms with Gasteiger partial charge in [0.25, 0.3) is 0 Å². The number of nitrogens with one attached hydrogen (secondary N) is 1. The van der Waals surface area contributed by atoms with Gasteiger partial charge in [0.05, 0.1) is 13.0 Å². The molecule has 4 heteroatoms. The third-order valence-electron chi connectivity index (χ3n) is 2.98. The van der Waals surface area contributed by atoms with Crippen LogP contribution in [0.15, 0.2) is 48.5 Å². The Labute approximate surface area is 129 Å². The van der Waals surface area contributed by atoms with Gasteiger partial charge < -0.3 is 10.1 Å². The molecule has 2 aromatic rings. The van der Waals surface area contributed by atoms with Crippen LogP contribution in [0, 0.1) is 0 Å². The molecule has 0 radical (unpaired) electrons. The first-order valence-electron chi connectivity index (χ1n) is 6.90. The fraction of sp³-hybridized carbons (Fsp3) is 0.235. The van der Waals surface area contributed by atoms with Crippen molar-refractivity contribution in [3.8, 4) is 5.75 Å². The zero-order valence-corrected chi connectivity index (χ0v) is 12.7. The van der Waals surface area contributed by atoms with Crippen molar-refractivity contribution in [3.05, 3.63) is 64.7 Å². The molecule has 0 aromatic heterocycles. The first-order chi connectivity index (χ1) is 10.2. The predicted molar refractivity (Wildman–Crippen MR) is 84.6 cm³/mol. The van der Waals surface area contributed by atoms with E-state index >= 15 is 0 Å². The van der Waals surface area contributed by atoms with E-state index in [1.54, 1.807) is 0 Å². The molecule has 0 unspecified atom stereocenters. The minimum Gasteiger partial charge on any atom is -0.494 e. The second-order valence-electron chi connectivity index (χ2n) is 4.66. The number of carbonyl (C=O) groups excluding carboxylic acids is 1. The molecule has 0 aliphatic carbocycles. The molecule has 0 fully saturated rings. The summed E-state index contributed by atoms with van der Waals surface area (Å²) in [6, 6.07) is 15.0. The number of amides is 1. The van der Waals surface area contributed by atoms with Crippen molar-refractivity contribution in [2.45, 2.75) is 19.9 Å². The molecule has 0 saturated carbocycles. The maximum absolute atomic E-state index is 11.9. The highest BCUT2D eigenvalue weighted by Gasteiger charge is 2.04. The number of carbonyl (C=O) groups is 1. The fourth-order valence-corrected chi connectivity index (χ4v) is 2.18. The minimum atomic E-state index is -0.0147. The van der Waals surface area contributed by atoms with E-state index in [1.165, 1.54) is 0 Å². The minimum absolute atomic E-state index is 0.0147. The van der Waals surface area contributed by atoms with Crippen molar-refractivity contribution in [1.29, 1.82) is 0 Å². The molecule has 1 amide bonds. The Morgan fingerprint density at radius 2 is 1.90 bits per heavy atom. The van der Waals surface area contributed by atoms with Crippen LogP contribution in [0.1, 0.15) is 18.1 Å². The summed E-state index contributed by atoms with van der Waals surface area (Å²) in [4.78, 5) is 11.9. The lowest BCUT2D eigenvalue weighted by Gasteiger charge is -2.07. The first kappa shape index (κ1) is 15.4. The zero-order chi connectivity index (χ0) is 15.1. The Morgan fingerprint density at radius 1 is 1.14 bits per heavy atom. The van der Waals surface area contributed by atoms with E-state index in [9.17, 15) is 4.79 Å². The maximum Gasteiger partial charge on any atom is 0.224 e. The maximum atomic E-state index is 11.9. The summed E-state index contributed by atoms with van der Waals surface area (Å²) in [7, 11) is 0. The van der Waals surface area contributed by atoms with Crippen LogP contribution < -0.4 is 10.1 Å². The summed E-state index contributed by atoms with van der Waals surface area (Å²) in [6.45, 7) is 3.06. The third kappa shape index (κ3) is 5.12. The molecule has 0 aliphatic rings. The second-order valence-corrected chi connectivity index (χ2v) is 5.10. The average Bonchev–Trinajstić information content (AvgIpc) is 2.48. The highest BCUT2D eigenvalue weighted by Crippen LogP contribution is 2.13. The number of hydrogen-bond donors (Lipinski definition) is 1. The number of benzene rings is 2. The molecule has 110 valence electrons. The zero-order valence-electron chi connectivity index (χ0n) is 11.9. The summed E-state index contributed by atoms with van der Waals surface area (Å²) in [5.41, 5.74) is 1.95. The van der Waals surface area contributed by atoms with Crippen molar-refractivity contribution in [2.24, 2.45) is 0 Å². The van der Waals surface area contributed by atoms with Crippen LogP contribution in [0.25, 0.3) is 0 Å². The van der Waals surface area contributed by atoms with E-state index in [0.717, 1.165) is 16.9 Å². The van der Waals surface area contributed by atoms with Crippen molar-refractivity contribution >= 4 is 17.5 Å². The van der Waals surface area contributed by atoms with Gasteiger partial charge in [-0.2, -0.15) is 0 Å². The van der Waals surface area contributed by atoms with E-state index in [1.807, 2.05) is 55.5 Å². The number of rotatable bonds is 6. The van der Waals surface area contributed by atoms with Gasteiger partial charge in [0.15, 0.2) is 0 Å². The van der Waals surface area contributed by atoms with Crippen LogP contribution in [0.2, 0.25) is 5.02 Å². The number of ether oxygens (including phenoxy) is 1. The molecule has 0 saturated heterocycles. The lowest BCUT2D eigenvalue weighted by atomic mass is 10.1. The van der Waals surface area contributed by atoms with Crippen LogP contribution in [0.5, 0.6) is 5.75 Å². The van der Waals surface area contributed by atoms with Gasteiger partial charge in [-0.1, -0.05) is 35.9 Å². The lowest BCUT2D eigenvalue weighted by Crippen LogP contribution is -2.24. The Kier molecular flexibility index (Phi) is 5.64. The fourth-order valence-electron chi connectivity index (χ4n) is 1.97. The second kappa shape index (κ2) is 7.70. The van der Waals surface area contributed by atoms with Crippen LogP contribution in [0.3, 0.4) is 0 Å². The Balaban J connectivity index is 1.84. The summed E-state index contributed by atoms with van der Waals surface area (Å²) < 4.78 is 5.37. The molecule has 1 N–H and O–H groups in total. The Morgan fingerprint density at radius 3 is 2.57 bits per heavy atom. The van der Waals surface area contributed by atoms with E-state index in [2.05, 4.69) is 5.32 Å². The van der Waals surface area contributed by atoms with Gasteiger partial charge in [-0.25, -0.2) is 0 Å². The molecule has 0 spiro atoms. The van der Waals surface area contributed by atoms with Gasteiger partial charge >= 0.3 is 0 Å². The topological polar surface area (TPSA) is 38.3 Å². The molecule has 0 aliphatic heterocycles. The van der Waals surface area contributed by atoms with Crippen LogP contribution in [-0.2, 0) is 17.8 Å². The first-order valence-corrected chi connectivity index (χ1v) is 7.28. The molecule has 0 heterocycles. The summed E-state index contributed by atoms with van der Waals surface area (Å²) in [6.07, 6.45) is 0.354. The van der Waals surface area contributed by atoms with Crippen LogP contribution in [0.4, 0.5) is 0 Å². The molecule has 2 rings (SSSR count). The van der Waals surface area contributed by atoms with Gasteiger partial charge in [0, 0.05) is 11.6 Å². The summed E-state index contributed by atoms with van der Waals surface area (Å²) in [5, 5.41) is 3.56. The smallest absolute Gasteiger partial charge is 0.224 e. The van der Waals surface area contributed by atoms with Gasteiger partial charge in [-0.3, -0.25) is 4.79 Å². The summed E-state index contributed by atoms with van der Waals surface area (Å²) >= 11 is 5.91. The van der Waals surface area contributed by atoms with Crippen molar-refractivity contribution in [1.82, 2.24) is 5.32 Å². The highest BCUT2D eigenvalue weighted by molar-refractivity contribution is 6.30. The quantitative estimate of drug-likeness (QED) is 0.885. The molecule has 2 aromatic carbocycles. The largest absolute Gasteiger partial charge is 0.494 e. The van der Waals surface area contributed by atoms with E-state index < -0.39 is 0 Å². The Bertz CT molecular complexity index is 596. The van der Waals surface area contributed by atoms with Crippen molar-refractivity contribution in [2.75, 3.05) is 6.61 Å². The van der Waals surface area contributed by atoms with Crippen molar-refractivity contribution in [3.63, 3.8) is 0 Å². The Hall–Kier alpha value is -2.00. The van der Waals surface area contributed by atoms with E-state index in [-0.39, 0.29) is 5.91 Å². The third-order valence-corrected chi connectivity index (χ3v) is 3.21. The lowest BCUT2D eigenvalue weighted by molar-refractivity contribution is -0.120. The molecule has 0 bridgehead atoms. The van der Waals surface area contributed by atoms with Gasteiger partial charge in [0.1, 0.15) is 5.75 Å². The summed E-state index contributed by atoms with van der Waals surface area (Å²) in [5.74, 6) is 0.805. The van der Waals surface area contributed by atoms with Crippen LogP contribution in [-0.4, -0.2) is 12.5 Å². The standard InChI is InChI=1S/C17H18ClNO2/c1-2-21-16-8-6-13(7-9-16)11-17(20)19-12-14-4-3-5-15(18)10-14/h3-10H,2,11-12H2,1H3,(H,19,20). The monoisotopic (exact) mass is 303 g/mol. The molecule has 0 atom stereocenters. The van der Waals surface area contributed by atoms with E-state index in [0.29, 0.717) is 24.6 Å². The van der Waals surface area contributed by atoms with Gasteiger partial charge in [-0.05, 0) is 42.3 Å². The molecular weight excluding hydrogens is 286 g/mol. The van der Waals surface area contributed by atoms with Gasteiger partial charge in [0.2, 0.25) is 5.91 Å². The van der Waals surface area contributed by atoms with Crippen molar-refractivity contribution < 1.29 is 9.53 Å². The van der Waals surface area contributed by atoms with E-state index in [4.69, 9.17) is 16.3 Å². The molecule has 21 heavy (non-hydrogen) atoms. The number of hydrogen-bond acceptors (Lipinski definition) is 2. The van der Waals surface area contributed by atoms with Gasteiger partial charge in [-0.15, -0.1) is 0 Å².